The largest absolute Gasteiger partial charge is 0.352 e. The molecule has 0 aromatic heterocycles. The van der Waals surface area contributed by atoms with Crippen molar-refractivity contribution in [1.29, 1.82) is 0 Å². The predicted molar refractivity (Wildman–Crippen MR) is 97.7 cm³/mol. The molecule has 22 heavy (non-hydrogen) atoms. The minimum atomic E-state index is 0. The normalized spacial score (nSPS) is 9.82. The number of hydrogen-bond acceptors (Lipinski definition) is 3. The van der Waals surface area contributed by atoms with E-state index in [-0.39, 0.29) is 30.7 Å². The summed E-state index contributed by atoms with van der Waals surface area (Å²) in [5.41, 5.74) is 7.83. The van der Waals surface area contributed by atoms with Crippen LogP contribution >= 0.6 is 24.8 Å². The quantitative estimate of drug-likeness (QED) is 0.720. The number of halogens is 2. The van der Waals surface area contributed by atoms with Crippen LogP contribution < -0.4 is 11.1 Å². The van der Waals surface area contributed by atoms with Crippen molar-refractivity contribution in [2.75, 3.05) is 19.6 Å². The fraction of sp³-hybridized carbons (Fsp3) is 0.562. The fourth-order valence-corrected chi connectivity index (χ4v) is 2.10. The topological polar surface area (TPSA) is 58.4 Å². The number of carbonyl (C=O) groups is 1. The lowest BCUT2D eigenvalue weighted by atomic mass is 10.1. The molecule has 0 saturated carbocycles. The number of nitrogens with one attached hydrogen (secondary N) is 1. The molecule has 128 valence electrons. The average molecular weight is 350 g/mol. The van der Waals surface area contributed by atoms with E-state index in [2.05, 4.69) is 48.3 Å². The van der Waals surface area contributed by atoms with Crippen LogP contribution in [-0.2, 0) is 17.9 Å². The fourth-order valence-electron chi connectivity index (χ4n) is 2.10. The van der Waals surface area contributed by atoms with Gasteiger partial charge in [-0.3, -0.25) is 9.69 Å². The van der Waals surface area contributed by atoms with E-state index in [1.165, 1.54) is 5.56 Å². The zero-order chi connectivity index (χ0) is 14.8. The highest BCUT2D eigenvalue weighted by Gasteiger charge is 2.03. The molecule has 0 unspecified atom stereocenters. The maximum atomic E-state index is 11.6. The lowest BCUT2D eigenvalue weighted by molar-refractivity contribution is -0.121. The van der Waals surface area contributed by atoms with Gasteiger partial charge < -0.3 is 11.1 Å². The van der Waals surface area contributed by atoms with Gasteiger partial charge in [0.05, 0.1) is 0 Å². The van der Waals surface area contributed by atoms with E-state index >= 15 is 0 Å². The predicted octanol–water partition coefficient (Wildman–Crippen LogP) is 2.73. The van der Waals surface area contributed by atoms with Crippen LogP contribution in [0, 0.1) is 0 Å². The SMILES string of the molecule is CCN(CC)Cc1cccc(CNC(=O)CCCN)c1.Cl.Cl. The van der Waals surface area contributed by atoms with Gasteiger partial charge in [-0.15, -0.1) is 24.8 Å². The van der Waals surface area contributed by atoms with Crippen LogP contribution in [0.25, 0.3) is 0 Å². The van der Waals surface area contributed by atoms with Crippen LogP contribution in [0.15, 0.2) is 24.3 Å². The van der Waals surface area contributed by atoms with Gasteiger partial charge in [0.15, 0.2) is 0 Å². The van der Waals surface area contributed by atoms with Crippen LogP contribution in [-0.4, -0.2) is 30.4 Å². The number of nitrogens with two attached hydrogens (primary N) is 1. The lowest BCUT2D eigenvalue weighted by Crippen LogP contribution is -2.24. The smallest absolute Gasteiger partial charge is 0.220 e. The van der Waals surface area contributed by atoms with Crippen molar-refractivity contribution in [2.24, 2.45) is 5.73 Å². The molecule has 0 aliphatic rings. The summed E-state index contributed by atoms with van der Waals surface area (Å²) < 4.78 is 0. The van der Waals surface area contributed by atoms with E-state index in [0.29, 0.717) is 19.5 Å². The Morgan fingerprint density at radius 2 is 1.82 bits per heavy atom. The van der Waals surface area contributed by atoms with E-state index in [9.17, 15) is 4.79 Å². The summed E-state index contributed by atoms with van der Waals surface area (Å²) in [6.45, 7) is 8.56. The number of amides is 1. The summed E-state index contributed by atoms with van der Waals surface area (Å²) >= 11 is 0. The number of hydrogen-bond donors (Lipinski definition) is 2. The van der Waals surface area contributed by atoms with Gasteiger partial charge in [0.2, 0.25) is 5.91 Å². The molecule has 0 heterocycles. The second-order valence-electron chi connectivity index (χ2n) is 4.95. The van der Waals surface area contributed by atoms with E-state index in [4.69, 9.17) is 5.73 Å². The summed E-state index contributed by atoms with van der Waals surface area (Å²) in [6, 6.07) is 8.41. The Hall–Kier alpha value is -0.810. The third kappa shape index (κ3) is 9.26. The molecule has 1 aromatic carbocycles. The van der Waals surface area contributed by atoms with Gasteiger partial charge in [-0.1, -0.05) is 38.1 Å². The molecule has 1 amide bonds. The molecule has 0 aliphatic heterocycles. The number of carbonyl (C=O) groups excluding carboxylic acids is 1. The van der Waals surface area contributed by atoms with Gasteiger partial charge in [-0.05, 0) is 37.2 Å². The Morgan fingerprint density at radius 3 is 2.41 bits per heavy atom. The molecule has 0 saturated heterocycles. The van der Waals surface area contributed by atoms with E-state index in [1.54, 1.807) is 0 Å². The molecule has 6 heteroatoms. The minimum absolute atomic E-state index is 0. The van der Waals surface area contributed by atoms with E-state index in [1.807, 2.05) is 0 Å². The maximum absolute atomic E-state index is 11.6. The zero-order valence-electron chi connectivity index (χ0n) is 13.5. The first-order chi connectivity index (χ1) is 9.69. The Bertz CT molecular complexity index is 412. The Kier molecular flexibility index (Phi) is 14.7. The summed E-state index contributed by atoms with van der Waals surface area (Å²) in [5.74, 6) is 0.0737. The molecule has 0 fully saturated rings. The Balaban J connectivity index is 0. The van der Waals surface area contributed by atoms with Crippen molar-refractivity contribution in [2.45, 2.75) is 39.8 Å². The summed E-state index contributed by atoms with van der Waals surface area (Å²) in [6.07, 6.45) is 1.25. The third-order valence-electron chi connectivity index (χ3n) is 3.39. The molecule has 0 radical (unpaired) electrons. The van der Waals surface area contributed by atoms with Gasteiger partial charge in [0, 0.05) is 19.5 Å². The molecule has 1 rings (SSSR count). The first kappa shape index (κ1) is 23.5. The molecular weight excluding hydrogens is 321 g/mol. The average Bonchev–Trinajstić information content (AvgIpc) is 2.49. The molecule has 0 spiro atoms. The van der Waals surface area contributed by atoms with Gasteiger partial charge in [0.25, 0.3) is 0 Å². The van der Waals surface area contributed by atoms with Crippen LogP contribution in [0.3, 0.4) is 0 Å². The monoisotopic (exact) mass is 349 g/mol. The van der Waals surface area contributed by atoms with Gasteiger partial charge in [-0.25, -0.2) is 0 Å². The summed E-state index contributed by atoms with van der Waals surface area (Å²) in [7, 11) is 0. The molecule has 0 bridgehead atoms. The van der Waals surface area contributed by atoms with Crippen molar-refractivity contribution in [3.05, 3.63) is 35.4 Å². The van der Waals surface area contributed by atoms with Crippen LogP contribution in [0.5, 0.6) is 0 Å². The zero-order valence-corrected chi connectivity index (χ0v) is 15.1. The third-order valence-corrected chi connectivity index (χ3v) is 3.39. The van der Waals surface area contributed by atoms with Crippen LogP contribution in [0.1, 0.15) is 37.8 Å². The van der Waals surface area contributed by atoms with Crippen molar-refractivity contribution in [3.63, 3.8) is 0 Å². The molecule has 0 aliphatic carbocycles. The molecule has 3 N–H and O–H groups in total. The molecule has 0 atom stereocenters. The molecular formula is C16H29Cl2N3O. The molecule has 4 nitrogen and oxygen atoms in total. The Labute approximate surface area is 146 Å². The van der Waals surface area contributed by atoms with Crippen LogP contribution in [0.2, 0.25) is 0 Å². The highest BCUT2D eigenvalue weighted by molar-refractivity contribution is 5.85. The van der Waals surface area contributed by atoms with Gasteiger partial charge in [-0.2, -0.15) is 0 Å². The second-order valence-corrected chi connectivity index (χ2v) is 4.95. The number of rotatable bonds is 9. The molecule has 1 aromatic rings. The lowest BCUT2D eigenvalue weighted by Gasteiger charge is -2.18. The van der Waals surface area contributed by atoms with E-state index in [0.717, 1.165) is 31.6 Å². The highest BCUT2D eigenvalue weighted by Crippen LogP contribution is 2.08. The van der Waals surface area contributed by atoms with Crippen LogP contribution in [0.4, 0.5) is 0 Å². The van der Waals surface area contributed by atoms with Crippen molar-refractivity contribution in [1.82, 2.24) is 10.2 Å². The standard InChI is InChI=1S/C16H27N3O.2ClH/c1-3-19(4-2)13-15-8-5-7-14(11-15)12-18-16(20)9-6-10-17;;/h5,7-8,11H,3-4,6,9-10,12-13,17H2,1-2H3,(H,18,20);2*1H. The number of nitrogens with zero attached hydrogens (tertiary/aromatic N) is 1. The van der Waals surface area contributed by atoms with Gasteiger partial charge >= 0.3 is 0 Å². The Morgan fingerprint density at radius 1 is 1.18 bits per heavy atom. The first-order valence-electron chi connectivity index (χ1n) is 7.46. The summed E-state index contributed by atoms with van der Waals surface area (Å²) in [5, 5.41) is 2.93. The summed E-state index contributed by atoms with van der Waals surface area (Å²) in [4.78, 5) is 13.9. The first-order valence-corrected chi connectivity index (χ1v) is 7.46. The van der Waals surface area contributed by atoms with Crippen molar-refractivity contribution in [3.8, 4) is 0 Å². The maximum Gasteiger partial charge on any atom is 0.220 e. The highest BCUT2D eigenvalue weighted by atomic mass is 35.5. The minimum Gasteiger partial charge on any atom is -0.352 e. The number of benzene rings is 1. The van der Waals surface area contributed by atoms with Crippen molar-refractivity contribution < 1.29 is 4.79 Å². The second kappa shape index (κ2) is 13.8. The van der Waals surface area contributed by atoms with E-state index < -0.39 is 0 Å². The van der Waals surface area contributed by atoms with Gasteiger partial charge in [0.1, 0.15) is 0 Å². The van der Waals surface area contributed by atoms with Crippen molar-refractivity contribution >= 4 is 30.7 Å².